The number of carbonyl (C=O) groups is 1. The van der Waals surface area contributed by atoms with E-state index in [-0.39, 0.29) is 12.7 Å². The number of ether oxygens (including phenoxy) is 2. The monoisotopic (exact) mass is 330 g/mol. The molecule has 5 nitrogen and oxygen atoms in total. The number of morpholine rings is 1. The highest BCUT2D eigenvalue weighted by Gasteiger charge is 2.19. The molecule has 0 aromatic heterocycles. The van der Waals surface area contributed by atoms with Crippen LogP contribution in [0.15, 0.2) is 48.5 Å². The second kappa shape index (κ2) is 7.90. The lowest BCUT2D eigenvalue weighted by atomic mass is 10.1. The molecular weight excluding hydrogens is 311 g/mol. The molecule has 0 spiro atoms. The molecule has 0 unspecified atom stereocenters. The molecule has 1 atom stereocenters. The Bertz CT molecular complexity index is 688. The van der Waals surface area contributed by atoms with E-state index >= 15 is 0 Å². The minimum Gasteiger partial charge on any atom is -0.444 e. The highest BCUT2D eigenvalue weighted by Crippen LogP contribution is 2.24. The van der Waals surface area contributed by atoms with Gasteiger partial charge in [-0.05, 0) is 17.7 Å². The number of nitrogens with one attached hydrogen (secondary N) is 2. The van der Waals surface area contributed by atoms with Crippen molar-refractivity contribution >= 4 is 11.8 Å². The SMILES string of the molecule is O=C(Nc1ccc([C@@H]2CNCCO2)c(F)c1)OCc1ccccc1. The fraction of sp³-hybridized carbons (Fsp3) is 0.278. The number of hydrogen-bond acceptors (Lipinski definition) is 4. The van der Waals surface area contributed by atoms with E-state index < -0.39 is 11.9 Å². The maximum absolute atomic E-state index is 14.2. The van der Waals surface area contributed by atoms with E-state index in [1.165, 1.54) is 6.07 Å². The molecule has 2 aromatic carbocycles. The van der Waals surface area contributed by atoms with E-state index in [1.807, 2.05) is 30.3 Å². The minimum absolute atomic E-state index is 0.162. The van der Waals surface area contributed by atoms with E-state index in [0.717, 1.165) is 12.1 Å². The van der Waals surface area contributed by atoms with E-state index in [4.69, 9.17) is 9.47 Å². The summed E-state index contributed by atoms with van der Waals surface area (Å²) >= 11 is 0. The average Bonchev–Trinajstić information content (AvgIpc) is 2.62. The van der Waals surface area contributed by atoms with E-state index in [2.05, 4.69) is 10.6 Å². The number of anilines is 1. The summed E-state index contributed by atoms with van der Waals surface area (Å²) in [7, 11) is 0. The first-order valence-electron chi connectivity index (χ1n) is 7.82. The van der Waals surface area contributed by atoms with Crippen LogP contribution in [0.3, 0.4) is 0 Å². The molecule has 1 fully saturated rings. The topological polar surface area (TPSA) is 59.6 Å². The van der Waals surface area contributed by atoms with E-state index in [1.54, 1.807) is 12.1 Å². The van der Waals surface area contributed by atoms with Gasteiger partial charge in [-0.1, -0.05) is 36.4 Å². The molecule has 1 aliphatic heterocycles. The summed E-state index contributed by atoms with van der Waals surface area (Å²) in [6.07, 6.45) is -0.931. The van der Waals surface area contributed by atoms with Gasteiger partial charge in [-0.2, -0.15) is 0 Å². The molecule has 3 rings (SSSR count). The van der Waals surface area contributed by atoms with Crippen molar-refractivity contribution in [2.24, 2.45) is 0 Å². The Balaban J connectivity index is 1.57. The number of carbonyl (C=O) groups excluding carboxylic acids is 1. The van der Waals surface area contributed by atoms with Gasteiger partial charge in [-0.15, -0.1) is 0 Å². The first-order valence-corrected chi connectivity index (χ1v) is 7.82. The van der Waals surface area contributed by atoms with Crippen LogP contribution >= 0.6 is 0 Å². The number of halogens is 1. The highest BCUT2D eigenvalue weighted by molar-refractivity contribution is 5.84. The van der Waals surface area contributed by atoms with Crippen molar-refractivity contribution in [3.05, 3.63) is 65.5 Å². The van der Waals surface area contributed by atoms with Crippen molar-refractivity contribution < 1.29 is 18.7 Å². The third-order valence-corrected chi connectivity index (χ3v) is 3.73. The molecule has 1 saturated heterocycles. The van der Waals surface area contributed by atoms with Crippen LogP contribution in [-0.4, -0.2) is 25.8 Å². The van der Waals surface area contributed by atoms with Gasteiger partial charge < -0.3 is 14.8 Å². The third-order valence-electron chi connectivity index (χ3n) is 3.73. The van der Waals surface area contributed by atoms with E-state index in [9.17, 15) is 9.18 Å². The van der Waals surface area contributed by atoms with Gasteiger partial charge in [0.2, 0.25) is 0 Å². The number of hydrogen-bond donors (Lipinski definition) is 2. The Labute approximate surface area is 139 Å². The quantitative estimate of drug-likeness (QED) is 0.903. The summed E-state index contributed by atoms with van der Waals surface area (Å²) in [5.74, 6) is -0.412. The predicted molar refractivity (Wildman–Crippen MR) is 88.2 cm³/mol. The fourth-order valence-electron chi connectivity index (χ4n) is 2.51. The van der Waals surface area contributed by atoms with Gasteiger partial charge in [0.25, 0.3) is 0 Å². The van der Waals surface area contributed by atoms with Gasteiger partial charge in [0.15, 0.2) is 0 Å². The Hall–Kier alpha value is -2.44. The van der Waals surface area contributed by atoms with Gasteiger partial charge in [0, 0.05) is 24.3 Å². The van der Waals surface area contributed by atoms with Gasteiger partial charge >= 0.3 is 6.09 Å². The lowest BCUT2D eigenvalue weighted by Crippen LogP contribution is -2.33. The zero-order chi connectivity index (χ0) is 16.8. The number of amides is 1. The number of benzene rings is 2. The lowest BCUT2D eigenvalue weighted by Gasteiger charge is -2.24. The third kappa shape index (κ3) is 4.31. The maximum atomic E-state index is 14.2. The van der Waals surface area contributed by atoms with Crippen LogP contribution in [0.1, 0.15) is 17.2 Å². The Morgan fingerprint density at radius 3 is 2.83 bits per heavy atom. The maximum Gasteiger partial charge on any atom is 0.411 e. The second-order valence-electron chi connectivity index (χ2n) is 5.49. The van der Waals surface area contributed by atoms with Crippen LogP contribution < -0.4 is 10.6 Å². The van der Waals surface area contributed by atoms with Gasteiger partial charge in [0.1, 0.15) is 12.4 Å². The molecule has 2 N–H and O–H groups in total. The zero-order valence-corrected chi connectivity index (χ0v) is 13.1. The van der Waals surface area contributed by atoms with Crippen LogP contribution in [0.5, 0.6) is 0 Å². The fourth-order valence-corrected chi connectivity index (χ4v) is 2.51. The smallest absolute Gasteiger partial charge is 0.411 e. The van der Waals surface area contributed by atoms with Crippen LogP contribution in [-0.2, 0) is 16.1 Å². The van der Waals surface area contributed by atoms with E-state index in [0.29, 0.717) is 24.4 Å². The molecule has 126 valence electrons. The molecule has 2 aromatic rings. The van der Waals surface area contributed by atoms with Crippen molar-refractivity contribution in [2.45, 2.75) is 12.7 Å². The Kier molecular flexibility index (Phi) is 5.40. The Morgan fingerprint density at radius 2 is 2.12 bits per heavy atom. The molecule has 1 heterocycles. The minimum atomic E-state index is -0.624. The summed E-state index contributed by atoms with van der Waals surface area (Å²) in [5.41, 5.74) is 1.71. The summed E-state index contributed by atoms with van der Waals surface area (Å²) in [5, 5.41) is 5.68. The van der Waals surface area contributed by atoms with Crippen LogP contribution in [0.25, 0.3) is 0 Å². The van der Waals surface area contributed by atoms with Crippen molar-refractivity contribution in [1.82, 2.24) is 5.32 Å². The van der Waals surface area contributed by atoms with Gasteiger partial charge in [-0.25, -0.2) is 9.18 Å². The predicted octanol–water partition coefficient (Wildman–Crippen LogP) is 3.24. The first-order chi connectivity index (χ1) is 11.7. The summed E-state index contributed by atoms with van der Waals surface area (Å²) in [4.78, 5) is 11.8. The molecule has 1 aliphatic rings. The highest BCUT2D eigenvalue weighted by atomic mass is 19.1. The summed E-state index contributed by atoms with van der Waals surface area (Å²) in [6.45, 7) is 2.05. The number of rotatable bonds is 4. The molecule has 1 amide bonds. The molecule has 6 heteroatoms. The van der Waals surface area contributed by atoms with Crippen molar-refractivity contribution in [1.29, 1.82) is 0 Å². The van der Waals surface area contributed by atoms with Crippen LogP contribution in [0, 0.1) is 5.82 Å². The van der Waals surface area contributed by atoms with Crippen molar-refractivity contribution in [2.75, 3.05) is 25.0 Å². The van der Waals surface area contributed by atoms with Crippen LogP contribution in [0.2, 0.25) is 0 Å². The normalized spacial score (nSPS) is 17.3. The van der Waals surface area contributed by atoms with Crippen LogP contribution in [0.4, 0.5) is 14.9 Å². The molecule has 0 bridgehead atoms. The molecule has 0 saturated carbocycles. The molecular formula is C18H19FN2O3. The molecule has 0 radical (unpaired) electrons. The van der Waals surface area contributed by atoms with Crippen molar-refractivity contribution in [3.8, 4) is 0 Å². The van der Waals surface area contributed by atoms with Gasteiger partial charge in [0.05, 0.1) is 12.7 Å². The molecule has 0 aliphatic carbocycles. The average molecular weight is 330 g/mol. The van der Waals surface area contributed by atoms with Crippen molar-refractivity contribution in [3.63, 3.8) is 0 Å². The zero-order valence-electron chi connectivity index (χ0n) is 13.1. The largest absolute Gasteiger partial charge is 0.444 e. The standard InChI is InChI=1S/C18H19FN2O3/c19-16-10-14(6-7-15(16)17-11-20-8-9-23-17)21-18(22)24-12-13-4-2-1-3-5-13/h1-7,10,17,20H,8-9,11-12H2,(H,21,22)/t17-/m0/s1. The Morgan fingerprint density at radius 1 is 1.29 bits per heavy atom. The summed E-state index contributed by atoms with van der Waals surface area (Å²) < 4.78 is 24.9. The second-order valence-corrected chi connectivity index (χ2v) is 5.49. The van der Waals surface area contributed by atoms with Gasteiger partial charge in [-0.3, -0.25) is 5.32 Å². The first kappa shape index (κ1) is 16.4. The lowest BCUT2D eigenvalue weighted by molar-refractivity contribution is 0.0255. The summed E-state index contributed by atoms with van der Waals surface area (Å²) in [6, 6.07) is 13.9. The molecule has 24 heavy (non-hydrogen) atoms.